The summed E-state index contributed by atoms with van der Waals surface area (Å²) in [6.07, 6.45) is 5.28. The molecule has 0 spiro atoms. The van der Waals surface area contributed by atoms with Gasteiger partial charge in [0.05, 0.1) is 19.1 Å². The molecule has 0 radical (unpaired) electrons. The summed E-state index contributed by atoms with van der Waals surface area (Å²) in [5.41, 5.74) is 2.26. The number of likely N-dealkylation sites (tertiary alicyclic amines) is 1. The maximum absolute atomic E-state index is 11.6. The lowest BCUT2D eigenvalue weighted by molar-refractivity contribution is -0.143. The molecule has 5 nitrogen and oxygen atoms in total. The Kier molecular flexibility index (Phi) is 5.26. The Morgan fingerprint density at radius 2 is 2.04 bits per heavy atom. The quantitative estimate of drug-likeness (QED) is 0.725. The number of benzene rings is 2. The molecule has 2 heterocycles. The third-order valence-corrected chi connectivity index (χ3v) is 5.56. The largest absolute Gasteiger partial charge is 0.497 e. The summed E-state index contributed by atoms with van der Waals surface area (Å²) >= 11 is 0. The molecule has 2 aromatic carbocycles. The molecular weight excluding hydrogens is 352 g/mol. The van der Waals surface area contributed by atoms with Crippen molar-refractivity contribution in [2.24, 2.45) is 5.92 Å². The summed E-state index contributed by atoms with van der Waals surface area (Å²) in [6, 6.07) is 16.5. The standard InChI is InChI=1S/C23H24N2O3/c1-28-21-6-2-4-17(13-21)22(25-11-3-5-20(15-25)23(26)27)18-7-8-19-14-24-10-9-16(19)12-18/h2,4,6-10,12-14,20,22H,3,5,11,15H2,1H3,(H,26,27). The first-order chi connectivity index (χ1) is 13.7. The molecule has 1 saturated heterocycles. The van der Waals surface area contributed by atoms with Crippen LogP contribution in [0, 0.1) is 5.92 Å². The minimum atomic E-state index is -0.710. The van der Waals surface area contributed by atoms with Crippen molar-refractivity contribution in [1.29, 1.82) is 0 Å². The van der Waals surface area contributed by atoms with Crippen molar-refractivity contribution >= 4 is 16.7 Å². The molecule has 5 heteroatoms. The number of nitrogens with zero attached hydrogens (tertiary/aromatic N) is 2. The summed E-state index contributed by atoms with van der Waals surface area (Å²) in [5.74, 6) is -0.232. The molecule has 2 atom stereocenters. The first-order valence-corrected chi connectivity index (χ1v) is 9.60. The number of carboxylic acids is 1. The van der Waals surface area contributed by atoms with Crippen LogP contribution in [-0.2, 0) is 4.79 Å². The molecule has 144 valence electrons. The van der Waals surface area contributed by atoms with Gasteiger partial charge in [-0.05, 0) is 60.2 Å². The van der Waals surface area contributed by atoms with Gasteiger partial charge in [-0.15, -0.1) is 0 Å². The van der Waals surface area contributed by atoms with Gasteiger partial charge >= 0.3 is 5.97 Å². The van der Waals surface area contributed by atoms with E-state index in [2.05, 4.69) is 34.1 Å². The lowest BCUT2D eigenvalue weighted by Gasteiger charge is -2.37. The van der Waals surface area contributed by atoms with E-state index in [4.69, 9.17) is 4.74 Å². The third-order valence-electron chi connectivity index (χ3n) is 5.56. The Balaban J connectivity index is 1.78. The number of ether oxygens (including phenoxy) is 1. The molecule has 1 fully saturated rings. The van der Waals surface area contributed by atoms with Gasteiger partial charge in [0.25, 0.3) is 0 Å². The molecule has 0 amide bonds. The molecule has 1 aliphatic rings. The lowest BCUT2D eigenvalue weighted by Crippen LogP contribution is -2.41. The molecule has 1 N–H and O–H groups in total. The van der Waals surface area contributed by atoms with Crippen LogP contribution in [0.2, 0.25) is 0 Å². The molecular formula is C23H24N2O3. The highest BCUT2D eigenvalue weighted by Crippen LogP contribution is 2.35. The summed E-state index contributed by atoms with van der Waals surface area (Å²) in [6.45, 7) is 1.42. The van der Waals surface area contributed by atoms with Gasteiger partial charge in [-0.2, -0.15) is 0 Å². The van der Waals surface area contributed by atoms with E-state index in [1.807, 2.05) is 30.5 Å². The van der Waals surface area contributed by atoms with Crippen molar-refractivity contribution in [2.75, 3.05) is 20.2 Å². The first-order valence-electron chi connectivity index (χ1n) is 9.60. The fourth-order valence-electron chi connectivity index (χ4n) is 4.14. The first kappa shape index (κ1) is 18.4. The number of aliphatic carboxylic acids is 1. The fourth-order valence-corrected chi connectivity index (χ4v) is 4.14. The number of carboxylic acid groups (broad SMARTS) is 1. The molecule has 1 aromatic heterocycles. The Labute approximate surface area is 164 Å². The molecule has 0 saturated carbocycles. The normalized spacial score (nSPS) is 18.7. The van der Waals surface area contributed by atoms with Gasteiger partial charge in [0.2, 0.25) is 0 Å². The summed E-state index contributed by atoms with van der Waals surface area (Å²) in [7, 11) is 1.67. The Bertz CT molecular complexity index is 988. The summed E-state index contributed by atoms with van der Waals surface area (Å²) < 4.78 is 5.44. The second-order valence-electron chi connectivity index (χ2n) is 7.33. The van der Waals surface area contributed by atoms with E-state index in [1.54, 1.807) is 13.3 Å². The van der Waals surface area contributed by atoms with Gasteiger partial charge in [-0.25, -0.2) is 0 Å². The van der Waals surface area contributed by atoms with Gasteiger partial charge in [-0.3, -0.25) is 14.7 Å². The molecule has 0 aliphatic carbocycles. The number of methoxy groups -OCH3 is 1. The van der Waals surface area contributed by atoms with E-state index in [0.717, 1.165) is 47.0 Å². The van der Waals surface area contributed by atoms with Gasteiger partial charge in [0, 0.05) is 24.3 Å². The summed E-state index contributed by atoms with van der Waals surface area (Å²) in [4.78, 5) is 18.1. The van der Waals surface area contributed by atoms with Gasteiger partial charge in [0.15, 0.2) is 0 Å². The number of piperidine rings is 1. The lowest BCUT2D eigenvalue weighted by atomic mass is 9.90. The SMILES string of the molecule is COc1cccc(C(c2ccc3cnccc3c2)N2CCCC(C(=O)O)C2)c1. The monoisotopic (exact) mass is 376 g/mol. The highest BCUT2D eigenvalue weighted by Gasteiger charge is 2.31. The number of rotatable bonds is 5. The minimum Gasteiger partial charge on any atom is -0.497 e. The topological polar surface area (TPSA) is 62.7 Å². The predicted octanol–water partition coefficient (Wildman–Crippen LogP) is 4.13. The van der Waals surface area contributed by atoms with Gasteiger partial charge in [-0.1, -0.05) is 24.3 Å². The zero-order chi connectivity index (χ0) is 19.5. The van der Waals surface area contributed by atoms with Crippen molar-refractivity contribution in [3.05, 3.63) is 72.1 Å². The zero-order valence-corrected chi connectivity index (χ0v) is 15.9. The highest BCUT2D eigenvalue weighted by molar-refractivity contribution is 5.82. The van der Waals surface area contributed by atoms with Crippen molar-refractivity contribution in [1.82, 2.24) is 9.88 Å². The van der Waals surface area contributed by atoms with Crippen molar-refractivity contribution in [3.63, 3.8) is 0 Å². The average molecular weight is 376 g/mol. The average Bonchev–Trinajstić information content (AvgIpc) is 2.74. The number of carbonyl (C=O) groups is 1. The van der Waals surface area contributed by atoms with Crippen LogP contribution >= 0.6 is 0 Å². The second-order valence-corrected chi connectivity index (χ2v) is 7.33. The number of fused-ring (bicyclic) bond motifs is 1. The second kappa shape index (κ2) is 7.98. The number of aromatic nitrogens is 1. The third kappa shape index (κ3) is 3.71. The number of hydrogen-bond acceptors (Lipinski definition) is 4. The molecule has 1 aliphatic heterocycles. The van der Waals surface area contributed by atoms with Gasteiger partial charge < -0.3 is 9.84 Å². The van der Waals surface area contributed by atoms with Crippen molar-refractivity contribution in [2.45, 2.75) is 18.9 Å². The van der Waals surface area contributed by atoms with Crippen molar-refractivity contribution < 1.29 is 14.6 Å². The van der Waals surface area contributed by atoms with Crippen LogP contribution in [0.5, 0.6) is 5.75 Å². The number of hydrogen-bond donors (Lipinski definition) is 1. The predicted molar refractivity (Wildman–Crippen MR) is 109 cm³/mol. The van der Waals surface area contributed by atoms with E-state index in [9.17, 15) is 9.90 Å². The Hall–Kier alpha value is -2.92. The molecule has 0 bridgehead atoms. The molecule has 4 rings (SSSR count). The van der Waals surface area contributed by atoms with Crippen LogP contribution in [-0.4, -0.2) is 41.2 Å². The number of pyridine rings is 1. The smallest absolute Gasteiger partial charge is 0.307 e. The van der Waals surface area contributed by atoms with Crippen LogP contribution in [0.1, 0.15) is 30.0 Å². The summed E-state index contributed by atoms with van der Waals surface area (Å²) in [5, 5.41) is 11.8. The van der Waals surface area contributed by atoms with Crippen LogP contribution in [0.25, 0.3) is 10.8 Å². The van der Waals surface area contributed by atoms with E-state index in [-0.39, 0.29) is 12.0 Å². The molecule has 2 unspecified atom stereocenters. The van der Waals surface area contributed by atoms with Gasteiger partial charge in [0.1, 0.15) is 5.75 Å². The Morgan fingerprint density at radius 1 is 1.18 bits per heavy atom. The molecule has 3 aromatic rings. The zero-order valence-electron chi connectivity index (χ0n) is 15.9. The van der Waals surface area contributed by atoms with Crippen molar-refractivity contribution in [3.8, 4) is 5.75 Å². The van der Waals surface area contributed by atoms with Crippen LogP contribution in [0.3, 0.4) is 0 Å². The van der Waals surface area contributed by atoms with E-state index in [0.29, 0.717) is 6.54 Å². The molecule has 28 heavy (non-hydrogen) atoms. The van der Waals surface area contributed by atoms with E-state index < -0.39 is 5.97 Å². The van der Waals surface area contributed by atoms with Crippen LogP contribution in [0.4, 0.5) is 0 Å². The highest BCUT2D eigenvalue weighted by atomic mass is 16.5. The van der Waals surface area contributed by atoms with E-state index >= 15 is 0 Å². The van der Waals surface area contributed by atoms with Crippen LogP contribution < -0.4 is 4.74 Å². The van der Waals surface area contributed by atoms with Crippen LogP contribution in [0.15, 0.2) is 60.9 Å². The Morgan fingerprint density at radius 3 is 2.86 bits per heavy atom. The maximum Gasteiger partial charge on any atom is 0.307 e. The maximum atomic E-state index is 11.6. The van der Waals surface area contributed by atoms with E-state index in [1.165, 1.54) is 0 Å². The minimum absolute atomic E-state index is 0.0187. The fraction of sp³-hybridized carbons (Fsp3) is 0.304.